The Kier molecular flexibility index (Phi) is 4.40. The highest BCUT2D eigenvalue weighted by Gasteiger charge is 2.22. The van der Waals surface area contributed by atoms with E-state index in [0.717, 1.165) is 41.9 Å². The molecule has 1 saturated heterocycles. The molecule has 1 aliphatic rings. The first-order valence-electron chi connectivity index (χ1n) is 8.06. The summed E-state index contributed by atoms with van der Waals surface area (Å²) in [5.74, 6) is 1.76. The summed E-state index contributed by atoms with van der Waals surface area (Å²) < 4.78 is 13.1. The average molecular weight is 341 g/mol. The summed E-state index contributed by atoms with van der Waals surface area (Å²) in [6, 6.07) is 12.3. The number of hydrogen-bond donors (Lipinski definition) is 0. The van der Waals surface area contributed by atoms with E-state index in [-0.39, 0.29) is 0 Å². The van der Waals surface area contributed by atoms with E-state index in [1.807, 2.05) is 12.1 Å². The quantitative estimate of drug-likeness (QED) is 0.707. The molecule has 0 bridgehead atoms. The number of furan rings is 1. The fourth-order valence-electron chi connectivity index (χ4n) is 2.75. The molecule has 0 unspecified atom stereocenters. The predicted octanol–water partition coefficient (Wildman–Crippen LogP) is 3.78. The van der Waals surface area contributed by atoms with Crippen molar-refractivity contribution in [2.45, 2.75) is 30.3 Å². The molecule has 124 valence electrons. The van der Waals surface area contributed by atoms with Crippen molar-refractivity contribution >= 4 is 11.8 Å². The van der Waals surface area contributed by atoms with Gasteiger partial charge in [0.25, 0.3) is 0 Å². The Morgan fingerprint density at radius 2 is 2.08 bits per heavy atom. The summed E-state index contributed by atoms with van der Waals surface area (Å²) in [5, 5.41) is 10.2. The minimum atomic E-state index is 0.440. The third kappa shape index (κ3) is 3.25. The molecule has 4 rings (SSSR count). The number of benzene rings is 1. The van der Waals surface area contributed by atoms with Gasteiger partial charge in [0.05, 0.1) is 19.4 Å². The van der Waals surface area contributed by atoms with E-state index in [2.05, 4.69) is 46.0 Å². The molecule has 6 heteroatoms. The molecule has 3 aromatic rings. The monoisotopic (exact) mass is 341 g/mol. The molecule has 2 aromatic heterocycles. The van der Waals surface area contributed by atoms with Gasteiger partial charge in [0.1, 0.15) is 5.76 Å². The SMILES string of the molecule is Cc1ccc(-c2nnc(S[C@H]3CCOC3)n2Cc2ccco2)cc1. The van der Waals surface area contributed by atoms with Gasteiger partial charge in [-0.15, -0.1) is 10.2 Å². The first kappa shape index (κ1) is 15.5. The van der Waals surface area contributed by atoms with Crippen LogP contribution >= 0.6 is 11.8 Å². The zero-order valence-corrected chi connectivity index (χ0v) is 14.3. The van der Waals surface area contributed by atoms with E-state index in [0.29, 0.717) is 11.8 Å². The van der Waals surface area contributed by atoms with E-state index >= 15 is 0 Å². The van der Waals surface area contributed by atoms with Crippen LogP contribution in [0.3, 0.4) is 0 Å². The lowest BCUT2D eigenvalue weighted by Crippen LogP contribution is -2.07. The van der Waals surface area contributed by atoms with E-state index in [4.69, 9.17) is 9.15 Å². The predicted molar refractivity (Wildman–Crippen MR) is 93.1 cm³/mol. The Balaban J connectivity index is 1.69. The van der Waals surface area contributed by atoms with Crippen molar-refractivity contribution in [3.05, 3.63) is 54.0 Å². The average Bonchev–Trinajstić information content (AvgIpc) is 3.33. The van der Waals surface area contributed by atoms with Gasteiger partial charge < -0.3 is 9.15 Å². The van der Waals surface area contributed by atoms with Gasteiger partial charge in [-0.2, -0.15) is 0 Å². The van der Waals surface area contributed by atoms with Crippen LogP contribution in [0.15, 0.2) is 52.2 Å². The largest absolute Gasteiger partial charge is 0.467 e. The molecule has 1 fully saturated rings. The van der Waals surface area contributed by atoms with Crippen molar-refractivity contribution < 1.29 is 9.15 Å². The zero-order valence-electron chi connectivity index (χ0n) is 13.5. The molecule has 0 N–H and O–H groups in total. The van der Waals surface area contributed by atoms with Crippen LogP contribution in [0.4, 0.5) is 0 Å². The van der Waals surface area contributed by atoms with Gasteiger partial charge in [-0.3, -0.25) is 4.57 Å². The molecular weight excluding hydrogens is 322 g/mol. The minimum Gasteiger partial charge on any atom is -0.467 e. The number of thioether (sulfide) groups is 1. The Hall–Kier alpha value is -2.05. The topological polar surface area (TPSA) is 53.1 Å². The van der Waals surface area contributed by atoms with Crippen molar-refractivity contribution in [3.8, 4) is 11.4 Å². The van der Waals surface area contributed by atoms with E-state index in [1.54, 1.807) is 18.0 Å². The summed E-state index contributed by atoms with van der Waals surface area (Å²) in [5.41, 5.74) is 2.29. The van der Waals surface area contributed by atoms with Crippen LogP contribution in [0.5, 0.6) is 0 Å². The number of hydrogen-bond acceptors (Lipinski definition) is 5. The maximum absolute atomic E-state index is 5.53. The second-order valence-electron chi connectivity index (χ2n) is 5.94. The molecule has 1 aromatic carbocycles. The molecule has 5 nitrogen and oxygen atoms in total. The van der Waals surface area contributed by atoms with Gasteiger partial charge in [0.15, 0.2) is 11.0 Å². The summed E-state index contributed by atoms with van der Waals surface area (Å²) in [7, 11) is 0. The molecule has 0 saturated carbocycles. The molecule has 0 radical (unpaired) electrons. The fourth-order valence-corrected chi connectivity index (χ4v) is 3.79. The maximum atomic E-state index is 5.53. The molecule has 0 aliphatic carbocycles. The molecule has 1 aliphatic heterocycles. The molecule has 0 spiro atoms. The lowest BCUT2D eigenvalue weighted by Gasteiger charge is -2.11. The van der Waals surface area contributed by atoms with Crippen LogP contribution in [0, 0.1) is 6.92 Å². The molecule has 0 amide bonds. The summed E-state index contributed by atoms with van der Waals surface area (Å²) in [6.07, 6.45) is 2.75. The van der Waals surface area contributed by atoms with Crippen molar-refractivity contribution in [3.63, 3.8) is 0 Å². The highest BCUT2D eigenvalue weighted by molar-refractivity contribution is 7.99. The third-order valence-electron chi connectivity index (χ3n) is 4.08. The number of aryl methyl sites for hydroxylation is 1. The van der Waals surface area contributed by atoms with Gasteiger partial charge in [0.2, 0.25) is 0 Å². The first-order valence-corrected chi connectivity index (χ1v) is 8.94. The van der Waals surface area contributed by atoms with Crippen molar-refractivity contribution in [1.29, 1.82) is 0 Å². The second-order valence-corrected chi connectivity index (χ2v) is 7.21. The highest BCUT2D eigenvalue weighted by atomic mass is 32.2. The lowest BCUT2D eigenvalue weighted by molar-refractivity contribution is 0.199. The summed E-state index contributed by atoms with van der Waals surface area (Å²) >= 11 is 1.74. The normalized spacial score (nSPS) is 17.5. The van der Waals surface area contributed by atoms with E-state index in [1.165, 1.54) is 5.56 Å². The zero-order chi connectivity index (χ0) is 16.4. The standard InChI is InChI=1S/C18H19N3O2S/c1-13-4-6-14(7-5-13)17-19-20-18(24-16-8-10-22-12-16)21(17)11-15-3-2-9-23-15/h2-7,9,16H,8,10-12H2,1H3/t16-/m0/s1. The van der Waals surface area contributed by atoms with Crippen LogP contribution in [0.2, 0.25) is 0 Å². The highest BCUT2D eigenvalue weighted by Crippen LogP contribution is 2.31. The fraction of sp³-hybridized carbons (Fsp3) is 0.333. The van der Waals surface area contributed by atoms with Gasteiger partial charge in [-0.25, -0.2) is 0 Å². The number of rotatable bonds is 5. The number of aromatic nitrogens is 3. The summed E-state index contributed by atoms with van der Waals surface area (Å²) in [4.78, 5) is 0. The van der Waals surface area contributed by atoms with Crippen LogP contribution in [0.1, 0.15) is 17.7 Å². The number of nitrogens with zero attached hydrogens (tertiary/aromatic N) is 3. The molecule has 3 heterocycles. The lowest BCUT2D eigenvalue weighted by atomic mass is 10.1. The van der Waals surface area contributed by atoms with Crippen molar-refractivity contribution in [2.24, 2.45) is 0 Å². The Labute approximate surface area is 145 Å². The van der Waals surface area contributed by atoms with Gasteiger partial charge in [-0.05, 0) is 25.5 Å². The minimum absolute atomic E-state index is 0.440. The second kappa shape index (κ2) is 6.83. The van der Waals surface area contributed by atoms with Crippen LogP contribution in [0.25, 0.3) is 11.4 Å². The smallest absolute Gasteiger partial charge is 0.192 e. The Bertz CT molecular complexity index is 790. The van der Waals surface area contributed by atoms with Gasteiger partial charge in [0, 0.05) is 17.4 Å². The van der Waals surface area contributed by atoms with Crippen molar-refractivity contribution in [1.82, 2.24) is 14.8 Å². The molecule has 1 atom stereocenters. The Morgan fingerprint density at radius 1 is 1.21 bits per heavy atom. The molecule has 24 heavy (non-hydrogen) atoms. The van der Waals surface area contributed by atoms with Crippen LogP contribution < -0.4 is 0 Å². The maximum Gasteiger partial charge on any atom is 0.192 e. The third-order valence-corrected chi connectivity index (χ3v) is 5.30. The van der Waals surface area contributed by atoms with Gasteiger partial charge in [-0.1, -0.05) is 41.6 Å². The van der Waals surface area contributed by atoms with E-state index in [9.17, 15) is 0 Å². The van der Waals surface area contributed by atoms with Crippen molar-refractivity contribution in [2.75, 3.05) is 13.2 Å². The molecular formula is C18H19N3O2S. The Morgan fingerprint density at radius 3 is 2.79 bits per heavy atom. The summed E-state index contributed by atoms with van der Waals surface area (Å²) in [6.45, 7) is 4.31. The van der Waals surface area contributed by atoms with Crippen LogP contribution in [-0.2, 0) is 11.3 Å². The van der Waals surface area contributed by atoms with E-state index < -0.39 is 0 Å². The van der Waals surface area contributed by atoms with Crippen LogP contribution in [-0.4, -0.2) is 33.2 Å². The van der Waals surface area contributed by atoms with Gasteiger partial charge >= 0.3 is 0 Å². The first-order chi connectivity index (χ1) is 11.8. The number of ether oxygens (including phenoxy) is 1.